The van der Waals surface area contributed by atoms with Crippen LogP contribution in [0.15, 0.2) is 23.8 Å². The Hall–Kier alpha value is -1.52. The maximum atomic E-state index is 11.8. The monoisotopic (exact) mass is 268 g/mol. The average Bonchev–Trinajstić information content (AvgIpc) is 2.37. The molecule has 1 unspecified atom stereocenters. The van der Waals surface area contributed by atoms with E-state index >= 15 is 0 Å². The molecule has 1 aliphatic rings. The number of methoxy groups -OCH3 is 2. The number of carbonyl (C=O) groups excluding carboxylic acids is 1. The van der Waals surface area contributed by atoms with Crippen LogP contribution in [0, 0.1) is 0 Å². The number of esters is 1. The molecule has 96 valence electrons. The van der Waals surface area contributed by atoms with Gasteiger partial charge >= 0.3 is 5.97 Å². The van der Waals surface area contributed by atoms with Crippen LogP contribution < -0.4 is 4.74 Å². The maximum Gasteiger partial charge on any atom is 0.340 e. The Kier molecular flexibility index (Phi) is 3.32. The molecular weight excluding hydrogens is 256 g/mol. The summed E-state index contributed by atoms with van der Waals surface area (Å²) in [7, 11) is 2.78. The molecule has 0 radical (unpaired) electrons. The molecule has 0 aromatic heterocycles. The third-order valence-electron chi connectivity index (χ3n) is 2.86. The van der Waals surface area contributed by atoms with Crippen molar-refractivity contribution >= 4 is 23.6 Å². The molecule has 18 heavy (non-hydrogen) atoms. The molecule has 1 aliphatic heterocycles. The lowest BCUT2D eigenvalue weighted by atomic mass is 10.00. The predicted molar refractivity (Wildman–Crippen MR) is 67.5 cm³/mol. The molecule has 1 atom stereocenters. The summed E-state index contributed by atoms with van der Waals surface area (Å²) in [6.07, 6.45) is 1.67. The first kappa shape index (κ1) is 12.9. The van der Waals surface area contributed by atoms with E-state index in [9.17, 15) is 4.79 Å². The first-order chi connectivity index (χ1) is 8.50. The Balaban J connectivity index is 2.55. The normalized spacial score (nSPS) is 21.7. The van der Waals surface area contributed by atoms with Gasteiger partial charge in [-0.3, -0.25) is 0 Å². The smallest absolute Gasteiger partial charge is 0.340 e. The van der Waals surface area contributed by atoms with Gasteiger partial charge in [0.1, 0.15) is 11.3 Å². The minimum atomic E-state index is -1.16. The van der Waals surface area contributed by atoms with Crippen LogP contribution in [-0.2, 0) is 14.3 Å². The van der Waals surface area contributed by atoms with Gasteiger partial charge in [-0.1, -0.05) is 11.6 Å². The Morgan fingerprint density at radius 3 is 2.72 bits per heavy atom. The van der Waals surface area contributed by atoms with Crippen LogP contribution in [0.5, 0.6) is 5.75 Å². The largest absolute Gasteiger partial charge is 0.465 e. The standard InChI is InChI=1S/C13H13ClO4/c1-13(17-3)10(12(15)16-2)7-8-6-9(14)4-5-11(8)18-13/h4-7H,1-3H3. The number of carbonyl (C=O) groups is 1. The SMILES string of the molecule is COC(=O)C1=Cc2cc(Cl)ccc2OC1(C)OC. The third kappa shape index (κ3) is 2.09. The summed E-state index contributed by atoms with van der Waals surface area (Å²) in [5, 5.41) is 0.568. The van der Waals surface area contributed by atoms with Crippen LogP contribution in [0.1, 0.15) is 12.5 Å². The van der Waals surface area contributed by atoms with E-state index in [2.05, 4.69) is 0 Å². The lowest BCUT2D eigenvalue weighted by molar-refractivity contribution is -0.153. The second kappa shape index (κ2) is 4.63. The minimum absolute atomic E-state index is 0.294. The Morgan fingerprint density at radius 1 is 1.39 bits per heavy atom. The number of fused-ring (bicyclic) bond motifs is 1. The van der Waals surface area contributed by atoms with Gasteiger partial charge in [-0.05, 0) is 24.3 Å². The van der Waals surface area contributed by atoms with E-state index in [0.717, 1.165) is 5.56 Å². The summed E-state index contributed by atoms with van der Waals surface area (Å²) in [5.41, 5.74) is 1.01. The van der Waals surface area contributed by atoms with Gasteiger partial charge in [0.25, 0.3) is 0 Å². The topological polar surface area (TPSA) is 44.8 Å². The van der Waals surface area contributed by atoms with Crippen molar-refractivity contribution in [3.8, 4) is 5.75 Å². The molecule has 0 amide bonds. The molecule has 0 aliphatic carbocycles. The zero-order chi connectivity index (χ0) is 13.3. The highest BCUT2D eigenvalue weighted by Gasteiger charge is 2.40. The van der Waals surface area contributed by atoms with E-state index in [0.29, 0.717) is 16.3 Å². The van der Waals surface area contributed by atoms with Crippen LogP contribution in [0.4, 0.5) is 0 Å². The molecule has 1 aromatic carbocycles. The molecule has 0 N–H and O–H groups in total. The molecule has 1 aromatic rings. The summed E-state index contributed by atoms with van der Waals surface area (Å²) in [6.45, 7) is 1.66. The summed E-state index contributed by atoms with van der Waals surface area (Å²) < 4.78 is 15.7. The molecule has 0 bridgehead atoms. The van der Waals surface area contributed by atoms with E-state index in [1.807, 2.05) is 0 Å². The van der Waals surface area contributed by atoms with Crippen molar-refractivity contribution in [2.45, 2.75) is 12.7 Å². The van der Waals surface area contributed by atoms with Crippen molar-refractivity contribution < 1.29 is 19.0 Å². The van der Waals surface area contributed by atoms with Crippen molar-refractivity contribution in [1.82, 2.24) is 0 Å². The number of ether oxygens (including phenoxy) is 3. The van der Waals surface area contributed by atoms with Gasteiger partial charge in [-0.2, -0.15) is 0 Å². The van der Waals surface area contributed by atoms with Crippen molar-refractivity contribution in [3.63, 3.8) is 0 Å². The molecular formula is C13H13ClO4. The third-order valence-corrected chi connectivity index (χ3v) is 3.10. The van der Waals surface area contributed by atoms with Crippen LogP contribution in [-0.4, -0.2) is 26.0 Å². The van der Waals surface area contributed by atoms with Crippen molar-refractivity contribution in [3.05, 3.63) is 34.4 Å². The van der Waals surface area contributed by atoms with E-state index < -0.39 is 11.8 Å². The summed E-state index contributed by atoms with van der Waals surface area (Å²) in [5.74, 6) is -1.05. The predicted octanol–water partition coefficient (Wildman–Crippen LogP) is 2.65. The minimum Gasteiger partial charge on any atom is -0.465 e. The Morgan fingerprint density at radius 2 is 2.11 bits per heavy atom. The maximum absolute atomic E-state index is 11.8. The summed E-state index contributed by atoms with van der Waals surface area (Å²) >= 11 is 5.91. The van der Waals surface area contributed by atoms with E-state index in [1.54, 1.807) is 31.2 Å². The van der Waals surface area contributed by atoms with Crippen LogP contribution in [0.25, 0.3) is 6.08 Å². The fourth-order valence-corrected chi connectivity index (χ4v) is 1.96. The highest BCUT2D eigenvalue weighted by Crippen LogP contribution is 2.37. The van der Waals surface area contributed by atoms with Gasteiger partial charge in [0.2, 0.25) is 5.79 Å². The molecule has 2 rings (SSSR count). The molecule has 0 spiro atoms. The second-order valence-corrected chi connectivity index (χ2v) is 4.42. The van der Waals surface area contributed by atoms with Crippen molar-refractivity contribution in [2.75, 3.05) is 14.2 Å². The number of benzene rings is 1. The van der Waals surface area contributed by atoms with Gasteiger partial charge in [0.15, 0.2) is 0 Å². The zero-order valence-corrected chi connectivity index (χ0v) is 11.1. The van der Waals surface area contributed by atoms with Crippen LogP contribution >= 0.6 is 11.6 Å². The Labute approximate surface area is 110 Å². The van der Waals surface area contributed by atoms with Crippen molar-refractivity contribution in [2.24, 2.45) is 0 Å². The summed E-state index contributed by atoms with van der Waals surface area (Å²) in [6, 6.07) is 5.17. The molecule has 4 nitrogen and oxygen atoms in total. The number of hydrogen-bond donors (Lipinski definition) is 0. The average molecular weight is 269 g/mol. The van der Waals surface area contributed by atoms with Crippen LogP contribution in [0.2, 0.25) is 5.02 Å². The molecule has 0 fully saturated rings. The Bertz CT molecular complexity index is 524. The molecule has 0 saturated heterocycles. The lowest BCUT2D eigenvalue weighted by Gasteiger charge is -2.34. The van der Waals surface area contributed by atoms with Gasteiger partial charge in [0.05, 0.1) is 7.11 Å². The van der Waals surface area contributed by atoms with Crippen LogP contribution in [0.3, 0.4) is 0 Å². The van der Waals surface area contributed by atoms with E-state index in [4.69, 9.17) is 25.8 Å². The van der Waals surface area contributed by atoms with E-state index in [1.165, 1.54) is 14.2 Å². The quantitative estimate of drug-likeness (QED) is 0.774. The highest BCUT2D eigenvalue weighted by molar-refractivity contribution is 6.30. The second-order valence-electron chi connectivity index (χ2n) is 3.98. The molecule has 0 saturated carbocycles. The number of rotatable bonds is 2. The van der Waals surface area contributed by atoms with Crippen molar-refractivity contribution in [1.29, 1.82) is 0 Å². The lowest BCUT2D eigenvalue weighted by Crippen LogP contribution is -2.42. The molecule has 1 heterocycles. The van der Waals surface area contributed by atoms with Gasteiger partial charge in [0, 0.05) is 24.6 Å². The highest BCUT2D eigenvalue weighted by atomic mass is 35.5. The zero-order valence-electron chi connectivity index (χ0n) is 10.3. The molecule has 5 heteroatoms. The van der Waals surface area contributed by atoms with Gasteiger partial charge < -0.3 is 14.2 Å². The van der Waals surface area contributed by atoms with E-state index in [-0.39, 0.29) is 0 Å². The first-order valence-corrected chi connectivity index (χ1v) is 5.72. The fraction of sp³-hybridized carbons (Fsp3) is 0.308. The number of hydrogen-bond acceptors (Lipinski definition) is 4. The fourth-order valence-electron chi connectivity index (χ4n) is 1.78. The first-order valence-electron chi connectivity index (χ1n) is 5.34. The number of halogens is 1. The van der Waals surface area contributed by atoms with Gasteiger partial charge in [-0.15, -0.1) is 0 Å². The summed E-state index contributed by atoms with van der Waals surface area (Å²) in [4.78, 5) is 11.8. The van der Waals surface area contributed by atoms with Gasteiger partial charge in [-0.25, -0.2) is 4.79 Å².